The van der Waals surface area contributed by atoms with Gasteiger partial charge in [0.1, 0.15) is 5.82 Å². The number of hydrogen-bond acceptors (Lipinski definition) is 4. The molecule has 1 aliphatic carbocycles. The molecule has 1 aromatic heterocycles. The van der Waals surface area contributed by atoms with Crippen LogP contribution in [-0.2, 0) is 16.7 Å². The molecule has 0 radical (unpaired) electrons. The SMILES string of the molecule is CO[C@H]1[C@H](NC(=O)c2cccc(F)c2)c2ccccc2C12CCN(Cc1ccoc1)CC2. The van der Waals surface area contributed by atoms with E-state index in [1.807, 2.05) is 12.1 Å². The second kappa shape index (κ2) is 8.52. The van der Waals surface area contributed by atoms with Gasteiger partial charge >= 0.3 is 0 Å². The lowest BCUT2D eigenvalue weighted by Crippen LogP contribution is -2.50. The number of methoxy groups -OCH3 is 1. The fraction of sp³-hybridized carbons (Fsp3) is 0.346. The van der Waals surface area contributed by atoms with Crippen molar-refractivity contribution in [1.82, 2.24) is 10.2 Å². The van der Waals surface area contributed by atoms with Gasteiger partial charge in [0.15, 0.2) is 0 Å². The molecule has 1 spiro atoms. The monoisotopic (exact) mass is 434 g/mol. The van der Waals surface area contributed by atoms with Crippen LogP contribution in [0.15, 0.2) is 71.5 Å². The summed E-state index contributed by atoms with van der Waals surface area (Å²) < 4.78 is 25.0. The van der Waals surface area contributed by atoms with Gasteiger partial charge in [-0.2, -0.15) is 0 Å². The van der Waals surface area contributed by atoms with Crippen molar-refractivity contribution in [1.29, 1.82) is 0 Å². The first kappa shape index (κ1) is 20.9. The van der Waals surface area contributed by atoms with Crippen LogP contribution in [0.3, 0.4) is 0 Å². The average Bonchev–Trinajstić information content (AvgIpc) is 3.41. The summed E-state index contributed by atoms with van der Waals surface area (Å²) in [4.78, 5) is 15.4. The van der Waals surface area contributed by atoms with Crippen molar-refractivity contribution >= 4 is 5.91 Å². The first-order valence-electron chi connectivity index (χ1n) is 11.0. The zero-order valence-corrected chi connectivity index (χ0v) is 18.1. The molecule has 0 unspecified atom stereocenters. The molecule has 32 heavy (non-hydrogen) atoms. The summed E-state index contributed by atoms with van der Waals surface area (Å²) in [5.41, 5.74) is 3.66. The number of furan rings is 1. The predicted octanol–water partition coefficient (Wildman–Crippen LogP) is 4.45. The van der Waals surface area contributed by atoms with E-state index >= 15 is 0 Å². The lowest BCUT2D eigenvalue weighted by atomic mass is 9.72. The minimum absolute atomic E-state index is 0.169. The number of benzene rings is 2. The van der Waals surface area contributed by atoms with Gasteiger partial charge in [-0.1, -0.05) is 30.3 Å². The molecular formula is C26H27FN2O3. The van der Waals surface area contributed by atoms with E-state index < -0.39 is 5.82 Å². The molecule has 166 valence electrons. The summed E-state index contributed by atoms with van der Waals surface area (Å²) in [6.45, 7) is 2.74. The van der Waals surface area contributed by atoms with Gasteiger partial charge < -0.3 is 14.5 Å². The van der Waals surface area contributed by atoms with Crippen LogP contribution in [0.2, 0.25) is 0 Å². The van der Waals surface area contributed by atoms with Crippen LogP contribution < -0.4 is 5.32 Å². The molecule has 0 saturated carbocycles. The fourth-order valence-electron chi connectivity index (χ4n) is 5.53. The smallest absolute Gasteiger partial charge is 0.251 e. The Bertz CT molecular complexity index is 1090. The first-order chi connectivity index (χ1) is 15.6. The van der Waals surface area contributed by atoms with Gasteiger partial charge in [-0.3, -0.25) is 9.69 Å². The van der Waals surface area contributed by atoms with Gasteiger partial charge in [0.2, 0.25) is 0 Å². The van der Waals surface area contributed by atoms with Crippen LogP contribution >= 0.6 is 0 Å². The predicted molar refractivity (Wildman–Crippen MR) is 119 cm³/mol. The molecule has 1 amide bonds. The third-order valence-corrected chi connectivity index (χ3v) is 7.04. The third kappa shape index (κ3) is 3.63. The van der Waals surface area contributed by atoms with E-state index in [0.717, 1.165) is 38.0 Å². The minimum Gasteiger partial charge on any atom is -0.472 e. The van der Waals surface area contributed by atoms with E-state index in [2.05, 4.69) is 28.4 Å². The molecule has 1 N–H and O–H groups in total. The topological polar surface area (TPSA) is 54.7 Å². The lowest BCUT2D eigenvalue weighted by molar-refractivity contribution is -0.0122. The van der Waals surface area contributed by atoms with E-state index in [9.17, 15) is 9.18 Å². The molecule has 1 aliphatic heterocycles. The molecule has 1 fully saturated rings. The lowest BCUT2D eigenvalue weighted by Gasteiger charge is -2.44. The van der Waals surface area contributed by atoms with Crippen molar-refractivity contribution in [3.63, 3.8) is 0 Å². The number of hydrogen-bond donors (Lipinski definition) is 1. The van der Waals surface area contributed by atoms with E-state index in [0.29, 0.717) is 5.56 Å². The van der Waals surface area contributed by atoms with Gasteiger partial charge in [0.05, 0.1) is 24.7 Å². The van der Waals surface area contributed by atoms with Crippen molar-refractivity contribution in [3.05, 3.63) is 95.2 Å². The van der Waals surface area contributed by atoms with E-state index in [4.69, 9.17) is 9.15 Å². The van der Waals surface area contributed by atoms with Crippen molar-refractivity contribution in [3.8, 4) is 0 Å². The molecule has 5 rings (SSSR count). The zero-order valence-electron chi connectivity index (χ0n) is 18.1. The number of fused-ring (bicyclic) bond motifs is 2. The van der Waals surface area contributed by atoms with Gasteiger partial charge in [-0.25, -0.2) is 4.39 Å². The molecule has 0 bridgehead atoms. The van der Waals surface area contributed by atoms with Gasteiger partial charge in [-0.15, -0.1) is 0 Å². The van der Waals surface area contributed by atoms with E-state index in [-0.39, 0.29) is 23.5 Å². The number of piperidine rings is 1. The number of amides is 1. The number of halogens is 1. The largest absolute Gasteiger partial charge is 0.472 e. The van der Waals surface area contributed by atoms with Crippen molar-refractivity contribution in [2.24, 2.45) is 0 Å². The van der Waals surface area contributed by atoms with Crippen molar-refractivity contribution in [2.45, 2.75) is 36.9 Å². The molecule has 2 atom stereocenters. The van der Waals surface area contributed by atoms with E-state index in [1.54, 1.807) is 31.8 Å². The number of likely N-dealkylation sites (tertiary alicyclic amines) is 1. The maximum absolute atomic E-state index is 13.7. The number of ether oxygens (including phenoxy) is 1. The highest BCUT2D eigenvalue weighted by atomic mass is 19.1. The molecule has 1 saturated heterocycles. The number of carbonyl (C=O) groups excluding carboxylic acids is 1. The summed E-state index contributed by atoms with van der Waals surface area (Å²) in [6.07, 6.45) is 5.19. The summed E-state index contributed by atoms with van der Waals surface area (Å²) >= 11 is 0. The number of rotatable bonds is 5. The Morgan fingerprint density at radius 3 is 2.72 bits per heavy atom. The number of nitrogens with zero attached hydrogens (tertiary/aromatic N) is 1. The standard InChI is InChI=1S/C26H27FN2O3/c1-31-24-23(28-25(30)19-5-4-6-20(27)15-19)21-7-2-3-8-22(21)26(24)10-12-29(13-11-26)16-18-9-14-32-17-18/h2-9,14-15,17,23-24H,10-13,16H2,1H3,(H,28,30)/t23-,24+/m1/s1. The maximum Gasteiger partial charge on any atom is 0.251 e. The third-order valence-electron chi connectivity index (χ3n) is 7.04. The normalized spacial score (nSPS) is 22.1. The fourth-order valence-corrected chi connectivity index (χ4v) is 5.53. The second-order valence-electron chi connectivity index (χ2n) is 8.77. The summed E-state index contributed by atoms with van der Waals surface area (Å²) in [5, 5.41) is 3.14. The maximum atomic E-state index is 13.7. The van der Waals surface area contributed by atoms with Crippen LogP contribution in [0.5, 0.6) is 0 Å². The molecule has 2 heterocycles. The molecule has 2 aromatic carbocycles. The Hall–Kier alpha value is -2.96. The Balaban J connectivity index is 1.40. The highest BCUT2D eigenvalue weighted by Gasteiger charge is 2.53. The molecule has 3 aromatic rings. The van der Waals surface area contributed by atoms with Crippen LogP contribution in [0.1, 0.15) is 45.9 Å². The first-order valence-corrected chi connectivity index (χ1v) is 11.0. The number of nitrogens with one attached hydrogen (secondary N) is 1. The molecule has 6 heteroatoms. The van der Waals surface area contributed by atoms with Crippen LogP contribution in [0, 0.1) is 5.82 Å². The van der Waals surface area contributed by atoms with Gasteiger partial charge in [0.25, 0.3) is 5.91 Å². The Morgan fingerprint density at radius 2 is 2.00 bits per heavy atom. The summed E-state index contributed by atoms with van der Waals surface area (Å²) in [5.74, 6) is -0.713. The highest BCUT2D eigenvalue weighted by Crippen LogP contribution is 2.52. The highest BCUT2D eigenvalue weighted by molar-refractivity contribution is 5.94. The summed E-state index contributed by atoms with van der Waals surface area (Å²) in [7, 11) is 1.72. The Morgan fingerprint density at radius 1 is 1.19 bits per heavy atom. The Labute approximate surface area is 187 Å². The second-order valence-corrected chi connectivity index (χ2v) is 8.77. The van der Waals surface area contributed by atoms with Gasteiger partial charge in [0, 0.05) is 30.2 Å². The molecule has 5 nitrogen and oxygen atoms in total. The van der Waals surface area contributed by atoms with Crippen LogP contribution in [0.4, 0.5) is 4.39 Å². The van der Waals surface area contributed by atoms with E-state index in [1.165, 1.54) is 23.3 Å². The van der Waals surface area contributed by atoms with Gasteiger partial charge in [-0.05, 0) is 61.3 Å². The molecular weight excluding hydrogens is 407 g/mol. The molecule has 2 aliphatic rings. The van der Waals surface area contributed by atoms with Crippen LogP contribution in [0.25, 0.3) is 0 Å². The Kier molecular flexibility index (Phi) is 5.57. The zero-order chi connectivity index (χ0) is 22.1. The van der Waals surface area contributed by atoms with Crippen LogP contribution in [-0.4, -0.2) is 37.1 Å². The minimum atomic E-state index is -0.422. The number of carbonyl (C=O) groups is 1. The van der Waals surface area contributed by atoms with Crippen molar-refractivity contribution in [2.75, 3.05) is 20.2 Å². The summed E-state index contributed by atoms with van der Waals surface area (Å²) in [6, 6.07) is 15.8. The average molecular weight is 435 g/mol. The van der Waals surface area contributed by atoms with Crippen molar-refractivity contribution < 1.29 is 18.3 Å². The quantitative estimate of drug-likeness (QED) is 0.645.